The molecule has 0 spiro atoms. The van der Waals surface area contributed by atoms with Gasteiger partial charge in [-0.3, -0.25) is 4.79 Å². The third kappa shape index (κ3) is 3.64. The quantitative estimate of drug-likeness (QED) is 0.375. The number of allylic oxidation sites excluding steroid dienone is 1. The number of aromatic nitrogens is 1. The van der Waals surface area contributed by atoms with E-state index in [4.69, 9.17) is 21.1 Å². The molecule has 4 nitrogen and oxygen atoms in total. The molecule has 1 heterocycles. The maximum Gasteiger partial charge on any atom is 0.189 e. The van der Waals surface area contributed by atoms with E-state index in [0.29, 0.717) is 22.0 Å². The average Bonchev–Trinajstić information content (AvgIpc) is 2.65. The van der Waals surface area contributed by atoms with E-state index < -0.39 is 0 Å². The zero-order chi connectivity index (χ0) is 17.8. The zero-order valence-electron chi connectivity index (χ0n) is 13.8. The van der Waals surface area contributed by atoms with Crippen LogP contribution in [0.5, 0.6) is 11.5 Å². The molecule has 126 valence electrons. The molecule has 25 heavy (non-hydrogen) atoms. The van der Waals surface area contributed by atoms with Crippen molar-refractivity contribution in [1.82, 2.24) is 4.98 Å². The lowest BCUT2D eigenvalue weighted by Gasteiger charge is -2.06. The minimum atomic E-state index is -0.167. The molecule has 0 N–H and O–H groups in total. The number of fused-ring (bicyclic) bond motifs is 1. The maximum atomic E-state index is 12.4. The second-order valence-corrected chi connectivity index (χ2v) is 5.68. The number of nitrogens with zero attached hydrogens (tertiary/aromatic N) is 1. The van der Waals surface area contributed by atoms with E-state index in [1.807, 2.05) is 30.3 Å². The fourth-order valence-corrected chi connectivity index (χ4v) is 2.70. The molecule has 0 bridgehead atoms. The van der Waals surface area contributed by atoms with Crippen molar-refractivity contribution in [2.75, 3.05) is 14.2 Å². The van der Waals surface area contributed by atoms with Crippen LogP contribution in [0.3, 0.4) is 0 Å². The fourth-order valence-electron chi connectivity index (χ4n) is 2.49. The molecule has 5 heteroatoms. The molecule has 0 radical (unpaired) electrons. The van der Waals surface area contributed by atoms with E-state index in [1.165, 1.54) is 13.2 Å². The molecule has 0 saturated carbocycles. The first-order valence-corrected chi connectivity index (χ1v) is 8.00. The van der Waals surface area contributed by atoms with Gasteiger partial charge < -0.3 is 9.47 Å². The molecular formula is C20H16ClNO3. The summed E-state index contributed by atoms with van der Waals surface area (Å²) in [5.74, 6) is 1.10. The Morgan fingerprint density at radius 3 is 2.64 bits per heavy atom. The Bertz CT molecular complexity index is 966. The highest BCUT2D eigenvalue weighted by atomic mass is 35.5. The van der Waals surface area contributed by atoms with Gasteiger partial charge in [0.15, 0.2) is 5.78 Å². The highest BCUT2D eigenvalue weighted by Gasteiger charge is 2.09. The van der Waals surface area contributed by atoms with Crippen molar-refractivity contribution in [3.8, 4) is 11.5 Å². The van der Waals surface area contributed by atoms with Gasteiger partial charge in [0.1, 0.15) is 16.7 Å². The van der Waals surface area contributed by atoms with Gasteiger partial charge in [0, 0.05) is 10.9 Å². The van der Waals surface area contributed by atoms with Gasteiger partial charge in [0.25, 0.3) is 0 Å². The number of carbonyl (C=O) groups is 1. The van der Waals surface area contributed by atoms with Crippen molar-refractivity contribution >= 4 is 34.4 Å². The Balaban J connectivity index is 1.95. The van der Waals surface area contributed by atoms with E-state index in [1.54, 1.807) is 31.4 Å². The smallest absolute Gasteiger partial charge is 0.189 e. The SMILES string of the molecule is COc1ccc2nc(Cl)c(/C=C/C(=O)c3ccccc3OC)cc2c1. The predicted octanol–water partition coefficient (Wildman–Crippen LogP) is 4.80. The summed E-state index contributed by atoms with van der Waals surface area (Å²) in [6.07, 6.45) is 3.12. The Hall–Kier alpha value is -2.85. The van der Waals surface area contributed by atoms with Gasteiger partial charge in [-0.2, -0.15) is 0 Å². The Labute approximate surface area is 150 Å². The summed E-state index contributed by atoms with van der Waals surface area (Å²) in [6, 6.07) is 14.5. The summed E-state index contributed by atoms with van der Waals surface area (Å²) in [5, 5.41) is 1.22. The summed E-state index contributed by atoms with van der Waals surface area (Å²) in [5.41, 5.74) is 1.91. The van der Waals surface area contributed by atoms with Crippen LogP contribution < -0.4 is 9.47 Å². The number of methoxy groups -OCH3 is 2. The van der Waals surface area contributed by atoms with Crippen LogP contribution >= 0.6 is 11.6 Å². The van der Waals surface area contributed by atoms with Gasteiger partial charge in [-0.25, -0.2) is 4.98 Å². The van der Waals surface area contributed by atoms with Crippen LogP contribution in [0.1, 0.15) is 15.9 Å². The summed E-state index contributed by atoms with van der Waals surface area (Å²) in [6.45, 7) is 0. The zero-order valence-corrected chi connectivity index (χ0v) is 14.6. The number of ether oxygens (including phenoxy) is 2. The number of benzene rings is 2. The van der Waals surface area contributed by atoms with E-state index in [0.717, 1.165) is 16.7 Å². The second-order valence-electron chi connectivity index (χ2n) is 5.32. The summed E-state index contributed by atoms with van der Waals surface area (Å²) in [7, 11) is 3.14. The number of hydrogen-bond donors (Lipinski definition) is 0. The molecule has 0 amide bonds. The highest BCUT2D eigenvalue weighted by Crippen LogP contribution is 2.25. The summed E-state index contributed by atoms with van der Waals surface area (Å²) < 4.78 is 10.4. The number of ketones is 1. The number of para-hydroxylation sites is 1. The first-order chi connectivity index (χ1) is 12.1. The minimum Gasteiger partial charge on any atom is -0.497 e. The van der Waals surface area contributed by atoms with Crippen LogP contribution in [0, 0.1) is 0 Å². The van der Waals surface area contributed by atoms with Crippen molar-refractivity contribution in [3.05, 3.63) is 70.9 Å². The number of carbonyl (C=O) groups excluding carboxylic acids is 1. The van der Waals surface area contributed by atoms with Crippen molar-refractivity contribution in [3.63, 3.8) is 0 Å². The summed E-state index contributed by atoms with van der Waals surface area (Å²) in [4.78, 5) is 16.8. The Morgan fingerprint density at radius 1 is 1.08 bits per heavy atom. The van der Waals surface area contributed by atoms with Gasteiger partial charge in [-0.05, 0) is 48.6 Å². The van der Waals surface area contributed by atoms with E-state index >= 15 is 0 Å². The van der Waals surface area contributed by atoms with Crippen LogP contribution in [0.25, 0.3) is 17.0 Å². The van der Waals surface area contributed by atoms with E-state index in [-0.39, 0.29) is 5.78 Å². The van der Waals surface area contributed by atoms with Gasteiger partial charge in [0.05, 0.1) is 25.3 Å². The van der Waals surface area contributed by atoms with Crippen molar-refractivity contribution < 1.29 is 14.3 Å². The number of rotatable bonds is 5. The molecule has 0 aliphatic heterocycles. The molecule has 2 aromatic carbocycles. The number of hydrogen-bond acceptors (Lipinski definition) is 4. The van der Waals surface area contributed by atoms with Gasteiger partial charge in [0.2, 0.25) is 0 Å². The van der Waals surface area contributed by atoms with Crippen molar-refractivity contribution in [1.29, 1.82) is 0 Å². The number of halogens is 1. The van der Waals surface area contributed by atoms with Crippen molar-refractivity contribution in [2.24, 2.45) is 0 Å². The van der Waals surface area contributed by atoms with Crippen LogP contribution in [-0.2, 0) is 0 Å². The lowest BCUT2D eigenvalue weighted by atomic mass is 10.1. The molecule has 0 unspecified atom stereocenters. The second kappa shape index (κ2) is 7.36. The molecule has 0 atom stereocenters. The maximum absolute atomic E-state index is 12.4. The molecule has 0 aliphatic carbocycles. The van der Waals surface area contributed by atoms with E-state index in [9.17, 15) is 4.79 Å². The van der Waals surface area contributed by atoms with Crippen LogP contribution in [-0.4, -0.2) is 25.0 Å². The first kappa shape index (κ1) is 17.0. The molecule has 3 aromatic rings. The third-order valence-corrected chi connectivity index (χ3v) is 4.09. The van der Waals surface area contributed by atoms with Crippen LogP contribution in [0.4, 0.5) is 0 Å². The van der Waals surface area contributed by atoms with Crippen LogP contribution in [0.2, 0.25) is 5.15 Å². The lowest BCUT2D eigenvalue weighted by Crippen LogP contribution is -1.98. The Kier molecular flexibility index (Phi) is 5.00. The van der Waals surface area contributed by atoms with Crippen molar-refractivity contribution in [2.45, 2.75) is 0 Å². The molecule has 0 saturated heterocycles. The fraction of sp³-hybridized carbons (Fsp3) is 0.100. The molecule has 3 rings (SSSR count). The third-order valence-electron chi connectivity index (χ3n) is 3.79. The van der Waals surface area contributed by atoms with Gasteiger partial charge in [-0.1, -0.05) is 23.7 Å². The van der Waals surface area contributed by atoms with E-state index in [2.05, 4.69) is 4.98 Å². The first-order valence-electron chi connectivity index (χ1n) is 7.62. The average molecular weight is 354 g/mol. The van der Waals surface area contributed by atoms with Gasteiger partial charge >= 0.3 is 0 Å². The minimum absolute atomic E-state index is 0.167. The molecule has 0 fully saturated rings. The van der Waals surface area contributed by atoms with Gasteiger partial charge in [-0.15, -0.1) is 0 Å². The normalized spacial score (nSPS) is 11.0. The topological polar surface area (TPSA) is 48.4 Å². The molecular weight excluding hydrogens is 338 g/mol. The number of pyridine rings is 1. The van der Waals surface area contributed by atoms with Crippen LogP contribution in [0.15, 0.2) is 54.6 Å². The molecule has 0 aliphatic rings. The standard InChI is InChI=1S/C20H16ClNO3/c1-24-15-8-9-17-14(12-15)11-13(20(21)22-17)7-10-18(23)16-5-3-4-6-19(16)25-2/h3-12H,1-2H3/b10-7+. The summed E-state index contributed by atoms with van der Waals surface area (Å²) >= 11 is 6.24. The lowest BCUT2D eigenvalue weighted by molar-refractivity contribution is 0.104. The molecule has 1 aromatic heterocycles. The monoisotopic (exact) mass is 353 g/mol. The highest BCUT2D eigenvalue weighted by molar-refractivity contribution is 6.31. The predicted molar refractivity (Wildman–Crippen MR) is 99.7 cm³/mol. The Morgan fingerprint density at radius 2 is 1.88 bits per heavy atom. The largest absolute Gasteiger partial charge is 0.497 e.